The van der Waals surface area contributed by atoms with Crippen LogP contribution >= 0.6 is 0 Å². The monoisotopic (exact) mass is 400 g/mol. The molecule has 1 aliphatic rings. The molecule has 0 unspecified atom stereocenters. The van der Waals surface area contributed by atoms with E-state index in [1.165, 1.54) is 0 Å². The Hall–Kier alpha value is -3.78. The van der Waals surface area contributed by atoms with Crippen LogP contribution in [-0.4, -0.2) is 32.7 Å². The number of ether oxygens (including phenoxy) is 1. The highest BCUT2D eigenvalue weighted by molar-refractivity contribution is 6.07. The van der Waals surface area contributed by atoms with E-state index in [-0.39, 0.29) is 0 Å². The lowest BCUT2D eigenvalue weighted by Gasteiger charge is -2.20. The van der Waals surface area contributed by atoms with E-state index in [0.717, 1.165) is 34.4 Å². The number of nitrogens with two attached hydrogens (primary N) is 1. The van der Waals surface area contributed by atoms with Crippen molar-refractivity contribution in [1.82, 2.24) is 20.2 Å². The van der Waals surface area contributed by atoms with Crippen molar-refractivity contribution in [2.45, 2.75) is 19.6 Å². The Kier molecular flexibility index (Phi) is 4.61. The summed E-state index contributed by atoms with van der Waals surface area (Å²) < 4.78 is 5.62. The second kappa shape index (κ2) is 7.57. The van der Waals surface area contributed by atoms with Crippen LogP contribution in [0.25, 0.3) is 22.4 Å². The summed E-state index contributed by atoms with van der Waals surface area (Å²) in [6, 6.07) is 15.5. The molecule has 0 saturated carbocycles. The fraction of sp³-hybridized carbons (Fsp3) is 0.182. The Balaban J connectivity index is 1.58. The molecule has 2 aromatic carbocycles. The molecule has 8 nitrogen and oxygen atoms in total. The first-order valence-electron chi connectivity index (χ1n) is 9.73. The quantitative estimate of drug-likeness (QED) is 0.474. The van der Waals surface area contributed by atoms with Crippen LogP contribution in [0.4, 0.5) is 5.82 Å². The van der Waals surface area contributed by atoms with E-state index in [2.05, 4.69) is 27.6 Å². The molecule has 0 aliphatic carbocycles. The van der Waals surface area contributed by atoms with E-state index in [1.807, 2.05) is 24.3 Å². The number of aromatic amines is 1. The minimum atomic E-state index is -0.524. The van der Waals surface area contributed by atoms with Crippen LogP contribution in [0.1, 0.15) is 27.2 Å². The smallest absolute Gasteiger partial charge is 0.250 e. The number of rotatable bonds is 5. The predicted octanol–water partition coefficient (Wildman–Crippen LogP) is 2.80. The maximum atomic E-state index is 11.7. The lowest BCUT2D eigenvalue weighted by Crippen LogP contribution is -2.17. The zero-order valence-corrected chi connectivity index (χ0v) is 16.2. The van der Waals surface area contributed by atoms with Crippen molar-refractivity contribution in [3.05, 3.63) is 70.9 Å². The number of amides is 1. The highest BCUT2D eigenvalue weighted by Crippen LogP contribution is 2.30. The normalized spacial score (nSPS) is 13.2. The molecule has 1 amide bonds. The van der Waals surface area contributed by atoms with Crippen molar-refractivity contribution in [3.63, 3.8) is 0 Å². The molecule has 0 bridgehead atoms. The predicted molar refractivity (Wildman–Crippen MR) is 113 cm³/mol. The van der Waals surface area contributed by atoms with Crippen molar-refractivity contribution in [2.24, 2.45) is 5.73 Å². The Morgan fingerprint density at radius 1 is 1.13 bits per heavy atom. The van der Waals surface area contributed by atoms with Crippen molar-refractivity contribution in [2.75, 3.05) is 11.9 Å². The summed E-state index contributed by atoms with van der Waals surface area (Å²) in [5, 5.41) is 11.5. The number of carbonyl (C=O) groups excluding carboxylic acids is 1. The topological polar surface area (TPSA) is 119 Å². The number of aromatic nitrogens is 4. The van der Waals surface area contributed by atoms with E-state index < -0.39 is 5.91 Å². The summed E-state index contributed by atoms with van der Waals surface area (Å²) >= 11 is 0. The number of nitrogens with one attached hydrogen (secondary N) is 2. The SMILES string of the molecule is NC(=O)c1cccc2c(-c3nc4c(c(NCc5ccccc5)n3)CCOC4)[nH]nc12. The first-order valence-corrected chi connectivity index (χ1v) is 9.73. The van der Waals surface area contributed by atoms with Gasteiger partial charge >= 0.3 is 0 Å². The molecule has 150 valence electrons. The van der Waals surface area contributed by atoms with Crippen LogP contribution in [0.2, 0.25) is 0 Å². The third kappa shape index (κ3) is 3.27. The van der Waals surface area contributed by atoms with Crippen molar-refractivity contribution >= 4 is 22.6 Å². The molecular weight excluding hydrogens is 380 g/mol. The van der Waals surface area contributed by atoms with Gasteiger partial charge in [0.2, 0.25) is 0 Å². The number of anilines is 1. The van der Waals surface area contributed by atoms with Crippen molar-refractivity contribution in [3.8, 4) is 11.5 Å². The standard InChI is InChI=1S/C22H20N6O2/c23-20(29)16-8-4-7-15-18(16)27-28-19(15)22-25-17-12-30-10-9-14(17)21(26-22)24-11-13-5-2-1-3-6-13/h1-8H,9-12H2,(H2,23,29)(H,27,28)(H,24,25,26). The fourth-order valence-electron chi connectivity index (χ4n) is 3.70. The first-order chi connectivity index (χ1) is 14.7. The van der Waals surface area contributed by atoms with Gasteiger partial charge < -0.3 is 15.8 Å². The summed E-state index contributed by atoms with van der Waals surface area (Å²) in [4.78, 5) is 21.3. The molecule has 3 heterocycles. The van der Waals surface area contributed by atoms with E-state index in [1.54, 1.807) is 12.1 Å². The van der Waals surface area contributed by atoms with Gasteiger partial charge in [-0.25, -0.2) is 9.97 Å². The molecule has 1 aliphatic heterocycles. The molecule has 30 heavy (non-hydrogen) atoms. The summed E-state index contributed by atoms with van der Waals surface area (Å²) in [6.07, 6.45) is 0.752. The molecular formula is C22H20N6O2. The molecule has 0 spiro atoms. The van der Waals surface area contributed by atoms with Crippen LogP contribution in [0.15, 0.2) is 48.5 Å². The molecule has 0 fully saturated rings. The van der Waals surface area contributed by atoms with Crippen LogP contribution in [0, 0.1) is 0 Å². The van der Waals surface area contributed by atoms with Crippen LogP contribution in [0.3, 0.4) is 0 Å². The molecule has 4 aromatic rings. The number of nitrogens with zero attached hydrogens (tertiary/aromatic N) is 3. The summed E-state index contributed by atoms with van der Waals surface area (Å²) in [6.45, 7) is 1.73. The van der Waals surface area contributed by atoms with E-state index >= 15 is 0 Å². The molecule has 0 radical (unpaired) electrons. The average Bonchev–Trinajstić information content (AvgIpc) is 3.22. The third-order valence-electron chi connectivity index (χ3n) is 5.20. The van der Waals surface area contributed by atoms with Crippen LogP contribution in [0.5, 0.6) is 0 Å². The summed E-state index contributed by atoms with van der Waals surface area (Å²) in [7, 11) is 0. The van der Waals surface area contributed by atoms with Gasteiger partial charge in [0.05, 0.1) is 24.5 Å². The number of primary amides is 1. The van der Waals surface area contributed by atoms with Gasteiger partial charge in [-0.05, 0) is 11.6 Å². The number of para-hydroxylation sites is 1. The molecule has 4 N–H and O–H groups in total. The van der Waals surface area contributed by atoms with Gasteiger partial charge in [-0.15, -0.1) is 0 Å². The lowest BCUT2D eigenvalue weighted by atomic mass is 10.1. The lowest BCUT2D eigenvalue weighted by molar-refractivity contribution is 0.100. The fourth-order valence-corrected chi connectivity index (χ4v) is 3.70. The van der Waals surface area contributed by atoms with Crippen LogP contribution < -0.4 is 11.1 Å². The largest absolute Gasteiger partial charge is 0.375 e. The summed E-state index contributed by atoms with van der Waals surface area (Å²) in [5.41, 5.74) is 10.1. The number of hydrogen-bond acceptors (Lipinski definition) is 6. The van der Waals surface area contributed by atoms with Crippen molar-refractivity contribution < 1.29 is 9.53 Å². The number of benzene rings is 2. The van der Waals surface area contributed by atoms with Gasteiger partial charge in [0.15, 0.2) is 5.82 Å². The molecule has 5 rings (SSSR count). The van der Waals surface area contributed by atoms with Gasteiger partial charge in [-0.3, -0.25) is 9.89 Å². The molecule has 8 heteroatoms. The number of H-pyrrole nitrogens is 1. The zero-order chi connectivity index (χ0) is 20.5. The Bertz CT molecular complexity index is 1240. The number of fused-ring (bicyclic) bond motifs is 2. The second-order valence-electron chi connectivity index (χ2n) is 7.13. The molecule has 2 aromatic heterocycles. The Morgan fingerprint density at radius 2 is 2.00 bits per heavy atom. The van der Waals surface area contributed by atoms with Crippen molar-refractivity contribution in [1.29, 1.82) is 0 Å². The van der Waals surface area contributed by atoms with E-state index in [0.29, 0.717) is 42.4 Å². The first kappa shape index (κ1) is 18.3. The minimum Gasteiger partial charge on any atom is -0.375 e. The average molecular weight is 400 g/mol. The molecule has 0 atom stereocenters. The highest BCUT2D eigenvalue weighted by Gasteiger charge is 2.21. The summed E-state index contributed by atoms with van der Waals surface area (Å²) in [5.74, 6) is 0.763. The van der Waals surface area contributed by atoms with Crippen LogP contribution in [-0.2, 0) is 24.3 Å². The minimum absolute atomic E-state index is 0.360. The van der Waals surface area contributed by atoms with Gasteiger partial charge in [0.1, 0.15) is 17.0 Å². The maximum Gasteiger partial charge on any atom is 0.250 e. The van der Waals surface area contributed by atoms with Gasteiger partial charge in [-0.2, -0.15) is 5.10 Å². The second-order valence-corrected chi connectivity index (χ2v) is 7.13. The van der Waals surface area contributed by atoms with Gasteiger partial charge in [-0.1, -0.05) is 42.5 Å². The zero-order valence-electron chi connectivity index (χ0n) is 16.2. The molecule has 0 saturated heterocycles. The maximum absolute atomic E-state index is 11.7. The highest BCUT2D eigenvalue weighted by atomic mass is 16.5. The number of carbonyl (C=O) groups is 1. The van der Waals surface area contributed by atoms with E-state index in [4.69, 9.17) is 20.4 Å². The number of hydrogen-bond donors (Lipinski definition) is 3. The Labute approximate surface area is 172 Å². The van der Waals surface area contributed by atoms with E-state index in [9.17, 15) is 4.79 Å². The van der Waals surface area contributed by atoms with Gasteiger partial charge in [0, 0.05) is 23.9 Å². The van der Waals surface area contributed by atoms with Gasteiger partial charge in [0.25, 0.3) is 5.91 Å². The third-order valence-corrected chi connectivity index (χ3v) is 5.20. The Morgan fingerprint density at radius 3 is 2.83 bits per heavy atom.